The van der Waals surface area contributed by atoms with Gasteiger partial charge in [0.05, 0.1) is 12.3 Å². The van der Waals surface area contributed by atoms with Crippen LogP contribution in [0.2, 0.25) is 0 Å². The van der Waals surface area contributed by atoms with E-state index in [-0.39, 0.29) is 29.7 Å². The largest absolute Gasteiger partial charge is 0.487 e. The zero-order valence-electron chi connectivity index (χ0n) is 23.6. The molecule has 210 valence electrons. The standard InChI is InChI=1S/C31H36N4O5/c1-21(2)19-35-29-28(30(37)34(4)31(35)38)32-25(16-9-6-12-18-39-22(3)36)26(33-29)20-40-27-17-11-10-15-24(27)23-13-7-5-8-14-23/h5,7-8,10-11,13-15,17,21H,6,9,12,16,18-20H2,1-4H3. The van der Waals surface area contributed by atoms with Crippen molar-refractivity contribution < 1.29 is 14.3 Å². The molecule has 0 radical (unpaired) electrons. The van der Waals surface area contributed by atoms with Crippen LogP contribution in [0.4, 0.5) is 0 Å². The normalized spacial score (nSPS) is 11.2. The molecule has 0 aliphatic rings. The lowest BCUT2D eigenvalue weighted by Crippen LogP contribution is -2.40. The van der Waals surface area contributed by atoms with Crippen LogP contribution in [0, 0.1) is 5.92 Å². The summed E-state index contributed by atoms with van der Waals surface area (Å²) in [7, 11) is 1.47. The van der Waals surface area contributed by atoms with Crippen molar-refractivity contribution in [2.24, 2.45) is 13.0 Å². The van der Waals surface area contributed by atoms with Crippen LogP contribution in [0.15, 0.2) is 64.2 Å². The highest BCUT2D eigenvalue weighted by Crippen LogP contribution is 2.30. The van der Waals surface area contributed by atoms with Gasteiger partial charge in [0.2, 0.25) is 0 Å². The van der Waals surface area contributed by atoms with Crippen molar-refractivity contribution in [3.05, 3.63) is 86.8 Å². The van der Waals surface area contributed by atoms with Gasteiger partial charge in [-0.3, -0.25) is 18.7 Å². The molecule has 0 unspecified atom stereocenters. The van der Waals surface area contributed by atoms with Crippen LogP contribution >= 0.6 is 0 Å². The molecule has 4 aromatic rings. The number of nitrogens with zero attached hydrogens (tertiary/aromatic N) is 4. The van der Waals surface area contributed by atoms with Crippen LogP contribution in [0.3, 0.4) is 0 Å². The third-order valence-corrected chi connectivity index (χ3v) is 6.56. The number of para-hydroxylation sites is 1. The third kappa shape index (κ3) is 6.83. The van der Waals surface area contributed by atoms with Gasteiger partial charge in [0, 0.05) is 26.1 Å². The number of rotatable bonds is 12. The summed E-state index contributed by atoms with van der Waals surface area (Å²) in [6.45, 7) is 6.31. The van der Waals surface area contributed by atoms with E-state index in [2.05, 4.69) is 0 Å². The lowest BCUT2D eigenvalue weighted by Gasteiger charge is -2.17. The number of ether oxygens (including phenoxy) is 2. The molecule has 0 atom stereocenters. The maximum absolute atomic E-state index is 13.1. The Morgan fingerprint density at radius 2 is 1.65 bits per heavy atom. The molecule has 0 N–H and O–H groups in total. The van der Waals surface area contributed by atoms with Gasteiger partial charge in [-0.25, -0.2) is 14.8 Å². The van der Waals surface area contributed by atoms with Crippen molar-refractivity contribution in [2.75, 3.05) is 6.61 Å². The molecule has 4 rings (SSSR count). The first-order valence-electron chi connectivity index (χ1n) is 13.7. The summed E-state index contributed by atoms with van der Waals surface area (Å²) in [4.78, 5) is 46.7. The highest BCUT2D eigenvalue weighted by atomic mass is 16.5. The minimum absolute atomic E-state index is 0.126. The Hall–Kier alpha value is -4.27. The summed E-state index contributed by atoms with van der Waals surface area (Å²) in [6.07, 6.45) is 2.87. The van der Waals surface area contributed by atoms with Gasteiger partial charge in [0.15, 0.2) is 11.2 Å². The second-order valence-electron chi connectivity index (χ2n) is 10.2. The van der Waals surface area contributed by atoms with Gasteiger partial charge in [0.1, 0.15) is 18.1 Å². The molecule has 2 heterocycles. The van der Waals surface area contributed by atoms with Crippen molar-refractivity contribution in [3.63, 3.8) is 0 Å². The number of carbonyl (C=O) groups excluding carboxylic acids is 1. The molecule has 0 aliphatic carbocycles. The monoisotopic (exact) mass is 544 g/mol. The summed E-state index contributed by atoms with van der Waals surface area (Å²) in [5.74, 6) is 0.569. The summed E-state index contributed by atoms with van der Waals surface area (Å²) in [5.41, 5.74) is 2.79. The van der Waals surface area contributed by atoms with Gasteiger partial charge < -0.3 is 9.47 Å². The highest BCUT2D eigenvalue weighted by Gasteiger charge is 2.19. The quantitative estimate of drug-likeness (QED) is 0.189. The van der Waals surface area contributed by atoms with Crippen molar-refractivity contribution in [3.8, 4) is 16.9 Å². The minimum Gasteiger partial charge on any atom is -0.487 e. The fraction of sp³-hybridized carbons (Fsp3) is 0.387. The number of aromatic nitrogens is 4. The molecule has 0 saturated heterocycles. The summed E-state index contributed by atoms with van der Waals surface area (Å²) in [6, 6.07) is 17.8. The van der Waals surface area contributed by atoms with Crippen LogP contribution in [-0.2, 0) is 36.2 Å². The molecule has 40 heavy (non-hydrogen) atoms. The van der Waals surface area contributed by atoms with E-state index in [9.17, 15) is 14.4 Å². The molecule has 9 nitrogen and oxygen atoms in total. The predicted octanol–water partition coefficient (Wildman–Crippen LogP) is 4.67. The molecular weight excluding hydrogens is 508 g/mol. The Labute approximate surface area is 233 Å². The molecule has 0 aliphatic heterocycles. The first-order chi connectivity index (χ1) is 19.3. The van der Waals surface area contributed by atoms with Crippen molar-refractivity contribution in [1.29, 1.82) is 0 Å². The van der Waals surface area contributed by atoms with Gasteiger partial charge in [-0.05, 0) is 43.2 Å². The van der Waals surface area contributed by atoms with Crippen molar-refractivity contribution in [2.45, 2.75) is 59.6 Å². The second-order valence-corrected chi connectivity index (χ2v) is 10.2. The molecule has 0 bridgehead atoms. The van der Waals surface area contributed by atoms with Crippen molar-refractivity contribution >= 4 is 17.1 Å². The molecule has 0 fully saturated rings. The van der Waals surface area contributed by atoms with E-state index in [4.69, 9.17) is 19.4 Å². The second kappa shape index (κ2) is 13.2. The number of fused-ring (bicyclic) bond motifs is 1. The Bertz CT molecular complexity index is 1590. The van der Waals surface area contributed by atoms with E-state index in [1.165, 1.54) is 18.5 Å². The average molecular weight is 545 g/mol. The average Bonchev–Trinajstić information content (AvgIpc) is 2.95. The fourth-order valence-corrected chi connectivity index (χ4v) is 4.57. The molecule has 2 aromatic heterocycles. The number of hydrogen-bond acceptors (Lipinski definition) is 7. The molecule has 0 amide bonds. The van der Waals surface area contributed by atoms with Crippen LogP contribution in [-0.4, -0.2) is 31.7 Å². The van der Waals surface area contributed by atoms with Crippen LogP contribution < -0.4 is 16.0 Å². The Morgan fingerprint density at radius 3 is 2.38 bits per heavy atom. The van der Waals surface area contributed by atoms with Crippen LogP contribution in [0.25, 0.3) is 22.3 Å². The zero-order chi connectivity index (χ0) is 28.6. The third-order valence-electron chi connectivity index (χ3n) is 6.56. The van der Waals surface area contributed by atoms with Crippen LogP contribution in [0.1, 0.15) is 51.4 Å². The van der Waals surface area contributed by atoms with E-state index in [1.54, 1.807) is 0 Å². The number of hydrogen-bond donors (Lipinski definition) is 0. The van der Waals surface area contributed by atoms with Gasteiger partial charge in [-0.1, -0.05) is 62.4 Å². The first-order valence-corrected chi connectivity index (χ1v) is 13.7. The smallest absolute Gasteiger partial charge is 0.332 e. The number of carbonyl (C=O) groups is 1. The van der Waals surface area contributed by atoms with Gasteiger partial charge >= 0.3 is 11.7 Å². The summed E-state index contributed by atoms with van der Waals surface area (Å²) >= 11 is 0. The molecule has 9 heteroatoms. The zero-order valence-corrected chi connectivity index (χ0v) is 23.6. The SMILES string of the molecule is CC(=O)OCCCCCc1nc2c(=O)n(C)c(=O)n(CC(C)C)c2nc1COc1ccccc1-c1ccccc1. The minimum atomic E-state index is -0.467. The fourth-order valence-electron chi connectivity index (χ4n) is 4.57. The number of aryl methyl sites for hydroxylation is 1. The van der Waals surface area contributed by atoms with E-state index in [0.29, 0.717) is 36.7 Å². The molecular formula is C31H36N4O5. The Balaban J connectivity index is 1.70. The van der Waals surface area contributed by atoms with Gasteiger partial charge in [-0.2, -0.15) is 0 Å². The van der Waals surface area contributed by atoms with E-state index in [0.717, 1.165) is 35.0 Å². The summed E-state index contributed by atoms with van der Waals surface area (Å²) < 4.78 is 14.0. The number of benzene rings is 2. The highest BCUT2D eigenvalue weighted by molar-refractivity contribution is 5.71. The topological polar surface area (TPSA) is 105 Å². The maximum Gasteiger partial charge on any atom is 0.332 e. The Morgan fingerprint density at radius 1 is 0.925 bits per heavy atom. The van der Waals surface area contributed by atoms with E-state index in [1.807, 2.05) is 68.4 Å². The maximum atomic E-state index is 13.1. The predicted molar refractivity (Wildman–Crippen MR) is 154 cm³/mol. The Kier molecular flexibility index (Phi) is 9.47. The van der Waals surface area contributed by atoms with Crippen LogP contribution in [0.5, 0.6) is 5.75 Å². The summed E-state index contributed by atoms with van der Waals surface area (Å²) in [5, 5.41) is 0. The number of esters is 1. The van der Waals surface area contributed by atoms with E-state index < -0.39 is 11.2 Å². The molecule has 0 saturated carbocycles. The van der Waals surface area contributed by atoms with E-state index >= 15 is 0 Å². The molecule has 0 spiro atoms. The lowest BCUT2D eigenvalue weighted by atomic mass is 10.0. The molecule has 2 aromatic carbocycles. The number of unbranched alkanes of at least 4 members (excludes halogenated alkanes) is 2. The van der Waals surface area contributed by atoms with Gasteiger partial charge in [0.25, 0.3) is 5.56 Å². The first kappa shape index (κ1) is 28.7. The lowest BCUT2D eigenvalue weighted by molar-refractivity contribution is -0.141. The van der Waals surface area contributed by atoms with Gasteiger partial charge in [-0.15, -0.1) is 0 Å². The van der Waals surface area contributed by atoms with Crippen molar-refractivity contribution in [1.82, 2.24) is 19.1 Å².